The second-order valence-corrected chi connectivity index (χ2v) is 8.01. The smallest absolute Gasteiger partial charge is 0.342 e. The first-order valence-electron chi connectivity index (χ1n) is 10.3. The van der Waals surface area contributed by atoms with Crippen LogP contribution in [-0.4, -0.2) is 43.5 Å². The Bertz CT molecular complexity index is 1110. The normalized spacial score (nSPS) is 15.4. The van der Waals surface area contributed by atoms with Crippen molar-refractivity contribution in [3.63, 3.8) is 0 Å². The molecule has 1 saturated heterocycles. The molecule has 0 N–H and O–H groups in total. The maximum atomic E-state index is 13.2. The number of likely N-dealkylation sites (tertiary alicyclic amines) is 1. The van der Waals surface area contributed by atoms with E-state index in [2.05, 4.69) is 10.2 Å². The zero-order chi connectivity index (χ0) is 23.0. The number of nitrogens with zero attached hydrogens (tertiary/aromatic N) is 5. The molecule has 170 valence electrons. The van der Waals surface area contributed by atoms with E-state index in [1.54, 1.807) is 21.7 Å². The minimum atomic E-state index is -4.46. The third kappa shape index (κ3) is 4.39. The fourth-order valence-corrected chi connectivity index (χ4v) is 4.10. The van der Waals surface area contributed by atoms with Gasteiger partial charge in [0.2, 0.25) is 5.91 Å². The van der Waals surface area contributed by atoms with E-state index >= 15 is 0 Å². The van der Waals surface area contributed by atoms with Gasteiger partial charge in [-0.1, -0.05) is 0 Å². The third-order valence-corrected chi connectivity index (χ3v) is 5.93. The number of amides is 1. The van der Waals surface area contributed by atoms with Crippen molar-refractivity contribution < 1.29 is 22.4 Å². The summed E-state index contributed by atoms with van der Waals surface area (Å²) in [7, 11) is 0. The summed E-state index contributed by atoms with van der Waals surface area (Å²) in [6, 6.07) is 6.78. The van der Waals surface area contributed by atoms with Gasteiger partial charge in [0.1, 0.15) is 5.82 Å². The van der Waals surface area contributed by atoms with Gasteiger partial charge in [0.15, 0.2) is 5.69 Å². The molecular weight excluding hydrogens is 426 g/mol. The Kier molecular flexibility index (Phi) is 5.79. The Balaban J connectivity index is 1.40. The third-order valence-electron chi connectivity index (χ3n) is 5.93. The van der Waals surface area contributed by atoms with Gasteiger partial charge in [-0.05, 0) is 57.0 Å². The summed E-state index contributed by atoms with van der Waals surface area (Å²) in [6.45, 7) is 4.61. The first-order chi connectivity index (χ1) is 15.1. The molecule has 1 aromatic carbocycles. The minimum absolute atomic E-state index is 0.0512. The van der Waals surface area contributed by atoms with Crippen LogP contribution in [0, 0.1) is 19.7 Å². The molecule has 1 aliphatic heterocycles. The fraction of sp³-hybridized carbons (Fsp3) is 0.409. The summed E-state index contributed by atoms with van der Waals surface area (Å²) in [5.41, 5.74) is 2.17. The molecule has 0 unspecified atom stereocenters. The van der Waals surface area contributed by atoms with E-state index in [0.717, 1.165) is 23.0 Å². The van der Waals surface area contributed by atoms with Crippen molar-refractivity contribution in [1.29, 1.82) is 0 Å². The van der Waals surface area contributed by atoms with E-state index in [1.165, 1.54) is 23.0 Å². The van der Waals surface area contributed by atoms with Gasteiger partial charge in [-0.2, -0.15) is 23.4 Å². The van der Waals surface area contributed by atoms with Gasteiger partial charge in [-0.3, -0.25) is 9.48 Å². The molecule has 1 aliphatic rings. The van der Waals surface area contributed by atoms with Crippen LogP contribution < -0.4 is 0 Å². The lowest BCUT2D eigenvalue weighted by Gasteiger charge is -2.32. The number of hydrogen-bond acceptors (Lipinski definition) is 3. The van der Waals surface area contributed by atoms with Crippen LogP contribution in [0.5, 0.6) is 0 Å². The zero-order valence-corrected chi connectivity index (χ0v) is 17.7. The predicted molar refractivity (Wildman–Crippen MR) is 109 cm³/mol. The minimum Gasteiger partial charge on any atom is -0.342 e. The van der Waals surface area contributed by atoms with Crippen LogP contribution in [0.1, 0.15) is 41.5 Å². The van der Waals surface area contributed by atoms with Crippen molar-refractivity contribution in [2.24, 2.45) is 0 Å². The molecule has 0 spiro atoms. The molecular formula is C22H23F4N5O. The number of alkyl halides is 3. The standard InChI is InChI=1S/C22H23F4N5O/c1-14-19(15(2)31(27-14)18-5-3-16(23)4-6-18)13-21(32)29-10-7-17(8-11-29)30-12-9-20(28-30)22(24,25)26/h3-6,9,12,17H,7-8,10-11,13H2,1-2H3. The highest BCUT2D eigenvalue weighted by molar-refractivity contribution is 5.79. The first-order valence-corrected chi connectivity index (χ1v) is 10.3. The molecule has 10 heteroatoms. The van der Waals surface area contributed by atoms with E-state index in [9.17, 15) is 22.4 Å². The Hall–Kier alpha value is -3.17. The van der Waals surface area contributed by atoms with E-state index in [1.807, 2.05) is 13.8 Å². The van der Waals surface area contributed by atoms with E-state index in [4.69, 9.17) is 0 Å². The summed E-state index contributed by atoms with van der Waals surface area (Å²) in [6.07, 6.45) is -1.85. The molecule has 1 amide bonds. The molecule has 0 aliphatic carbocycles. The Morgan fingerprint density at radius 3 is 2.31 bits per heavy atom. The van der Waals surface area contributed by atoms with Crippen molar-refractivity contribution in [3.05, 3.63) is 65.0 Å². The molecule has 0 atom stereocenters. The van der Waals surface area contributed by atoms with Gasteiger partial charge < -0.3 is 4.90 Å². The number of aromatic nitrogens is 4. The Morgan fingerprint density at radius 2 is 1.72 bits per heavy atom. The highest BCUT2D eigenvalue weighted by atomic mass is 19.4. The topological polar surface area (TPSA) is 56.0 Å². The van der Waals surface area contributed by atoms with Gasteiger partial charge >= 0.3 is 6.18 Å². The van der Waals surface area contributed by atoms with Gasteiger partial charge in [-0.15, -0.1) is 0 Å². The van der Waals surface area contributed by atoms with Crippen LogP contribution >= 0.6 is 0 Å². The average molecular weight is 449 g/mol. The summed E-state index contributed by atoms with van der Waals surface area (Å²) < 4.78 is 54.6. The summed E-state index contributed by atoms with van der Waals surface area (Å²) in [4.78, 5) is 14.6. The van der Waals surface area contributed by atoms with Crippen LogP contribution in [0.15, 0.2) is 36.5 Å². The molecule has 3 heterocycles. The lowest BCUT2D eigenvalue weighted by molar-refractivity contribution is -0.141. The SMILES string of the molecule is Cc1nn(-c2ccc(F)cc2)c(C)c1CC(=O)N1CCC(n2ccc(C(F)(F)F)n2)CC1. The maximum Gasteiger partial charge on any atom is 0.435 e. The Morgan fingerprint density at radius 1 is 1.06 bits per heavy atom. The molecule has 6 nitrogen and oxygen atoms in total. The van der Waals surface area contributed by atoms with Gasteiger partial charge in [0.05, 0.1) is 23.8 Å². The molecule has 4 rings (SSSR count). The summed E-state index contributed by atoms with van der Waals surface area (Å²) in [5, 5.41) is 8.16. The summed E-state index contributed by atoms with van der Waals surface area (Å²) in [5.74, 6) is -0.386. The first kappa shape index (κ1) is 22.0. The highest BCUT2D eigenvalue weighted by Gasteiger charge is 2.34. The quantitative estimate of drug-likeness (QED) is 0.560. The molecule has 2 aromatic heterocycles. The molecule has 3 aromatic rings. The number of aryl methyl sites for hydroxylation is 1. The van der Waals surface area contributed by atoms with Gasteiger partial charge in [0, 0.05) is 30.5 Å². The predicted octanol–water partition coefficient (Wildman–Crippen LogP) is 4.25. The second-order valence-electron chi connectivity index (χ2n) is 8.01. The van der Waals surface area contributed by atoms with Crippen molar-refractivity contribution >= 4 is 5.91 Å². The maximum absolute atomic E-state index is 13.2. The fourth-order valence-electron chi connectivity index (χ4n) is 4.10. The van der Waals surface area contributed by atoms with Crippen LogP contribution in [0.4, 0.5) is 17.6 Å². The van der Waals surface area contributed by atoms with Crippen LogP contribution in [0.25, 0.3) is 5.69 Å². The highest BCUT2D eigenvalue weighted by Crippen LogP contribution is 2.30. The van der Waals surface area contributed by atoms with Crippen molar-refractivity contribution in [2.45, 2.75) is 45.3 Å². The van der Waals surface area contributed by atoms with Crippen molar-refractivity contribution in [2.75, 3.05) is 13.1 Å². The number of carbonyl (C=O) groups is 1. The van der Waals surface area contributed by atoms with Gasteiger partial charge in [-0.25, -0.2) is 9.07 Å². The number of benzene rings is 1. The van der Waals surface area contributed by atoms with Crippen LogP contribution in [-0.2, 0) is 17.4 Å². The second kappa shape index (κ2) is 8.40. The van der Waals surface area contributed by atoms with Gasteiger partial charge in [0.25, 0.3) is 0 Å². The number of halogens is 4. The summed E-state index contributed by atoms with van der Waals surface area (Å²) >= 11 is 0. The molecule has 0 bridgehead atoms. The number of carbonyl (C=O) groups excluding carboxylic acids is 1. The van der Waals surface area contributed by atoms with E-state index in [-0.39, 0.29) is 24.2 Å². The van der Waals surface area contributed by atoms with E-state index in [0.29, 0.717) is 31.6 Å². The Labute approximate surface area is 182 Å². The lowest BCUT2D eigenvalue weighted by atomic mass is 10.0. The number of rotatable bonds is 4. The number of piperidine rings is 1. The molecule has 0 saturated carbocycles. The monoisotopic (exact) mass is 449 g/mol. The number of hydrogen-bond donors (Lipinski definition) is 0. The van der Waals surface area contributed by atoms with Crippen LogP contribution in [0.3, 0.4) is 0 Å². The zero-order valence-electron chi connectivity index (χ0n) is 17.7. The van der Waals surface area contributed by atoms with Crippen molar-refractivity contribution in [1.82, 2.24) is 24.5 Å². The average Bonchev–Trinajstić information content (AvgIpc) is 3.36. The van der Waals surface area contributed by atoms with Crippen molar-refractivity contribution in [3.8, 4) is 5.69 Å². The largest absolute Gasteiger partial charge is 0.435 e. The van der Waals surface area contributed by atoms with Crippen LogP contribution in [0.2, 0.25) is 0 Å². The van der Waals surface area contributed by atoms with E-state index < -0.39 is 11.9 Å². The molecule has 32 heavy (non-hydrogen) atoms. The lowest BCUT2D eigenvalue weighted by Crippen LogP contribution is -2.40. The molecule has 1 fully saturated rings. The molecule has 0 radical (unpaired) electrons.